The highest BCUT2D eigenvalue weighted by Crippen LogP contribution is 2.31. The van der Waals surface area contributed by atoms with Crippen molar-refractivity contribution in [1.82, 2.24) is 5.43 Å². The highest BCUT2D eigenvalue weighted by molar-refractivity contribution is 9.10. The minimum absolute atomic E-state index is 0.132. The molecule has 0 atom stereocenters. The fourth-order valence-electron chi connectivity index (χ4n) is 2.80. The van der Waals surface area contributed by atoms with Gasteiger partial charge in [0.15, 0.2) is 11.5 Å². The quantitative estimate of drug-likeness (QED) is 0.195. The third kappa shape index (κ3) is 7.42. The number of hydrogen-bond acceptors (Lipinski definition) is 5. The van der Waals surface area contributed by atoms with Gasteiger partial charge in [-0.15, -0.1) is 0 Å². The summed E-state index contributed by atoms with van der Waals surface area (Å²) < 4.78 is 25.8. The van der Waals surface area contributed by atoms with Gasteiger partial charge in [-0.2, -0.15) is 5.10 Å². The van der Waals surface area contributed by atoms with Gasteiger partial charge in [0.25, 0.3) is 0 Å². The molecule has 0 aromatic heterocycles. The van der Waals surface area contributed by atoms with Crippen molar-refractivity contribution in [1.29, 1.82) is 0 Å². The van der Waals surface area contributed by atoms with E-state index >= 15 is 0 Å². The molecule has 35 heavy (non-hydrogen) atoms. The number of benzene rings is 3. The van der Waals surface area contributed by atoms with E-state index in [1.165, 1.54) is 18.3 Å². The van der Waals surface area contributed by atoms with Crippen molar-refractivity contribution in [3.8, 4) is 11.5 Å². The molecule has 3 aromatic carbocycles. The summed E-state index contributed by atoms with van der Waals surface area (Å²) in [5, 5.41) is 6.92. The molecule has 3 aromatic rings. The molecular weight excluding hydrogens is 564 g/mol. The predicted molar refractivity (Wildman–Crippen MR) is 137 cm³/mol. The third-order valence-electron chi connectivity index (χ3n) is 4.47. The first-order chi connectivity index (χ1) is 16.8. The van der Waals surface area contributed by atoms with Crippen molar-refractivity contribution < 1.29 is 23.5 Å². The van der Waals surface area contributed by atoms with Crippen LogP contribution in [0.3, 0.4) is 0 Å². The fraction of sp³-hybridized carbons (Fsp3) is 0.125. The zero-order chi connectivity index (χ0) is 25.4. The summed E-state index contributed by atoms with van der Waals surface area (Å²) in [5.41, 5.74) is 3.17. The van der Waals surface area contributed by atoms with Crippen LogP contribution < -0.4 is 20.2 Å². The summed E-state index contributed by atoms with van der Waals surface area (Å²) >= 11 is 15.5. The monoisotopic (exact) mass is 581 g/mol. The molecule has 0 fully saturated rings. The van der Waals surface area contributed by atoms with Crippen molar-refractivity contribution in [2.24, 2.45) is 5.10 Å². The van der Waals surface area contributed by atoms with Crippen LogP contribution in [0.15, 0.2) is 64.2 Å². The van der Waals surface area contributed by atoms with E-state index in [0.29, 0.717) is 43.8 Å². The van der Waals surface area contributed by atoms with E-state index < -0.39 is 17.6 Å². The Kier molecular flexibility index (Phi) is 9.47. The first kappa shape index (κ1) is 26.5. The number of rotatable bonds is 8. The first-order valence-electron chi connectivity index (χ1n) is 10.2. The van der Waals surface area contributed by atoms with Gasteiger partial charge >= 0.3 is 11.8 Å². The summed E-state index contributed by atoms with van der Waals surface area (Å²) in [6, 6.07) is 14.2. The van der Waals surface area contributed by atoms with Crippen molar-refractivity contribution in [3.05, 3.63) is 86.1 Å². The smallest absolute Gasteiger partial charge is 0.329 e. The number of carbonyl (C=O) groups is 2. The van der Waals surface area contributed by atoms with Crippen LogP contribution in [0.4, 0.5) is 10.1 Å². The van der Waals surface area contributed by atoms with Gasteiger partial charge in [-0.25, -0.2) is 9.82 Å². The maximum atomic E-state index is 13.8. The lowest BCUT2D eigenvalue weighted by molar-refractivity contribution is -0.136. The van der Waals surface area contributed by atoms with E-state index in [1.54, 1.807) is 36.4 Å². The predicted octanol–water partition coefficient (Wildman–Crippen LogP) is 5.96. The topological polar surface area (TPSA) is 89.0 Å². The summed E-state index contributed by atoms with van der Waals surface area (Å²) in [7, 11) is 0. The van der Waals surface area contributed by atoms with Crippen LogP contribution in [0, 0.1) is 5.82 Å². The molecule has 11 heteroatoms. The van der Waals surface area contributed by atoms with Crippen LogP contribution in [0.25, 0.3) is 0 Å². The number of amides is 2. The maximum absolute atomic E-state index is 13.8. The van der Waals surface area contributed by atoms with E-state index in [9.17, 15) is 14.0 Å². The van der Waals surface area contributed by atoms with Gasteiger partial charge in [0.2, 0.25) is 0 Å². The van der Waals surface area contributed by atoms with Crippen LogP contribution in [0.5, 0.6) is 11.5 Å². The molecule has 0 heterocycles. The second-order valence-corrected chi connectivity index (χ2v) is 8.64. The molecule has 0 saturated heterocycles. The van der Waals surface area contributed by atoms with Gasteiger partial charge in [0, 0.05) is 20.1 Å². The van der Waals surface area contributed by atoms with E-state index in [2.05, 4.69) is 31.8 Å². The Hall–Kier alpha value is -3.14. The molecule has 0 radical (unpaired) electrons. The van der Waals surface area contributed by atoms with Gasteiger partial charge in [-0.3, -0.25) is 9.59 Å². The van der Waals surface area contributed by atoms with Crippen LogP contribution in [-0.4, -0.2) is 24.6 Å². The molecule has 0 aliphatic rings. The van der Waals surface area contributed by atoms with Crippen LogP contribution in [0.1, 0.15) is 18.1 Å². The molecule has 2 N–H and O–H groups in total. The van der Waals surface area contributed by atoms with Gasteiger partial charge < -0.3 is 14.8 Å². The highest BCUT2D eigenvalue weighted by atomic mass is 79.9. The largest absolute Gasteiger partial charge is 0.490 e. The van der Waals surface area contributed by atoms with Crippen molar-refractivity contribution in [3.63, 3.8) is 0 Å². The van der Waals surface area contributed by atoms with Gasteiger partial charge in [-0.1, -0.05) is 45.2 Å². The van der Waals surface area contributed by atoms with Crippen molar-refractivity contribution in [2.75, 3.05) is 11.9 Å². The molecule has 3 rings (SSSR count). The Bertz CT molecular complexity index is 1250. The number of hydrogen-bond donors (Lipinski definition) is 2. The Labute approximate surface area is 219 Å². The Balaban J connectivity index is 1.63. The number of hydrazone groups is 1. The molecule has 0 spiro atoms. The fourth-order valence-corrected chi connectivity index (χ4v) is 3.64. The molecule has 0 bridgehead atoms. The number of nitrogens with one attached hydrogen (secondary N) is 2. The second-order valence-electron chi connectivity index (χ2n) is 6.91. The van der Waals surface area contributed by atoms with Crippen molar-refractivity contribution in [2.45, 2.75) is 13.5 Å². The number of nitrogens with zero attached hydrogens (tertiary/aromatic N) is 1. The Morgan fingerprint density at radius 1 is 1.03 bits per heavy atom. The summed E-state index contributed by atoms with van der Waals surface area (Å²) in [5.74, 6) is -1.92. The van der Waals surface area contributed by atoms with Crippen LogP contribution in [0.2, 0.25) is 10.0 Å². The Morgan fingerprint density at radius 2 is 1.77 bits per heavy atom. The SMILES string of the molecule is CCOc1cc(C=NNC(=O)C(=O)Nc2ccc(Br)cc2F)ccc1OCc1c(Cl)cccc1Cl. The summed E-state index contributed by atoms with van der Waals surface area (Å²) in [6.07, 6.45) is 1.32. The van der Waals surface area contributed by atoms with E-state index in [1.807, 2.05) is 6.92 Å². The molecule has 0 aliphatic heterocycles. The number of anilines is 1. The third-order valence-corrected chi connectivity index (χ3v) is 5.67. The van der Waals surface area contributed by atoms with Gasteiger partial charge in [-0.05, 0) is 61.0 Å². The van der Waals surface area contributed by atoms with Gasteiger partial charge in [0.05, 0.1) is 18.5 Å². The molecule has 2 amide bonds. The minimum Gasteiger partial charge on any atom is -0.490 e. The summed E-state index contributed by atoms with van der Waals surface area (Å²) in [4.78, 5) is 24.0. The lowest BCUT2D eigenvalue weighted by Gasteiger charge is -2.14. The van der Waals surface area contributed by atoms with E-state index in [0.717, 1.165) is 6.07 Å². The Morgan fingerprint density at radius 3 is 2.46 bits per heavy atom. The molecule has 0 saturated carbocycles. The number of ether oxygens (including phenoxy) is 2. The molecule has 0 unspecified atom stereocenters. The lowest BCUT2D eigenvalue weighted by atomic mass is 10.2. The summed E-state index contributed by atoms with van der Waals surface area (Å²) in [6.45, 7) is 2.34. The standard InChI is InChI=1S/C24H19BrCl2FN3O4/c1-2-34-22-10-14(6-9-21(22)35-13-16-17(26)4-3-5-18(16)27)12-29-31-24(33)23(32)30-20-8-7-15(25)11-19(20)28/h3-12H,2,13H2,1H3,(H,30,32)(H,31,33). The van der Waals surface area contributed by atoms with Crippen LogP contribution >= 0.6 is 39.1 Å². The molecular formula is C24H19BrCl2FN3O4. The average Bonchev–Trinajstić information content (AvgIpc) is 2.81. The van der Waals surface area contributed by atoms with Gasteiger partial charge in [0.1, 0.15) is 12.4 Å². The second kappa shape index (κ2) is 12.5. The van der Waals surface area contributed by atoms with E-state index in [4.69, 9.17) is 32.7 Å². The lowest BCUT2D eigenvalue weighted by Crippen LogP contribution is -2.32. The highest BCUT2D eigenvalue weighted by Gasteiger charge is 2.15. The minimum atomic E-state index is -1.07. The van der Waals surface area contributed by atoms with E-state index in [-0.39, 0.29) is 12.3 Å². The first-order valence-corrected chi connectivity index (χ1v) is 11.7. The number of carbonyl (C=O) groups excluding carboxylic acids is 2. The molecule has 0 aliphatic carbocycles. The maximum Gasteiger partial charge on any atom is 0.329 e. The van der Waals surface area contributed by atoms with Crippen molar-refractivity contribution >= 4 is 62.8 Å². The normalized spacial score (nSPS) is 10.8. The zero-order valence-corrected chi connectivity index (χ0v) is 21.4. The van der Waals surface area contributed by atoms with Crippen LogP contribution in [-0.2, 0) is 16.2 Å². The molecule has 7 nitrogen and oxygen atoms in total. The zero-order valence-electron chi connectivity index (χ0n) is 18.3. The average molecular weight is 583 g/mol. The molecule has 182 valence electrons. The number of halogens is 4.